The number of carbonyl (C=O) groups is 1. The minimum Gasteiger partial charge on any atom is -0.476 e. The molecule has 18 heavy (non-hydrogen) atoms. The summed E-state index contributed by atoms with van der Waals surface area (Å²) in [5.41, 5.74) is 1.01. The first-order valence-electron chi connectivity index (χ1n) is 5.26. The lowest BCUT2D eigenvalue weighted by molar-refractivity contribution is 0.0693. The Bertz CT molecular complexity index is 721. The molecule has 0 saturated heterocycles. The molecule has 3 rings (SSSR count). The molecule has 3 aromatic rings. The van der Waals surface area contributed by atoms with Gasteiger partial charge in [-0.15, -0.1) is 0 Å². The fourth-order valence-corrected chi connectivity index (χ4v) is 1.75. The number of hydrogen-bond donors (Lipinski definition) is 1. The number of rotatable bonds is 2. The van der Waals surface area contributed by atoms with Crippen molar-refractivity contribution in [1.29, 1.82) is 0 Å². The Labute approximate surface area is 102 Å². The van der Waals surface area contributed by atoms with E-state index < -0.39 is 5.97 Å². The lowest BCUT2D eigenvalue weighted by Gasteiger charge is -1.97. The SMILES string of the molecule is O=C(O)c1nc(-c2ccccn2)n2ncccc12. The van der Waals surface area contributed by atoms with Gasteiger partial charge in [0.25, 0.3) is 0 Å². The van der Waals surface area contributed by atoms with Crippen LogP contribution in [0.3, 0.4) is 0 Å². The van der Waals surface area contributed by atoms with Crippen molar-refractivity contribution in [1.82, 2.24) is 19.6 Å². The monoisotopic (exact) mass is 240 g/mol. The largest absolute Gasteiger partial charge is 0.476 e. The molecular weight excluding hydrogens is 232 g/mol. The first kappa shape index (κ1) is 10.4. The lowest BCUT2D eigenvalue weighted by atomic mass is 10.3. The molecular formula is C12H8N4O2. The lowest BCUT2D eigenvalue weighted by Crippen LogP contribution is -1.97. The third kappa shape index (κ3) is 1.51. The van der Waals surface area contributed by atoms with Crippen molar-refractivity contribution in [3.63, 3.8) is 0 Å². The van der Waals surface area contributed by atoms with Crippen molar-refractivity contribution in [3.05, 3.63) is 48.4 Å². The number of nitrogens with zero attached hydrogens (tertiary/aromatic N) is 4. The van der Waals surface area contributed by atoms with Crippen molar-refractivity contribution in [3.8, 4) is 11.5 Å². The van der Waals surface area contributed by atoms with Crippen molar-refractivity contribution in [2.45, 2.75) is 0 Å². The topological polar surface area (TPSA) is 80.4 Å². The highest BCUT2D eigenvalue weighted by molar-refractivity contribution is 5.94. The maximum absolute atomic E-state index is 11.1. The minimum atomic E-state index is -1.08. The average Bonchev–Trinajstić information content (AvgIpc) is 2.79. The Morgan fingerprint density at radius 3 is 2.78 bits per heavy atom. The van der Waals surface area contributed by atoms with E-state index in [2.05, 4.69) is 15.1 Å². The second-order valence-corrected chi connectivity index (χ2v) is 3.62. The molecule has 1 N–H and O–H groups in total. The number of aromatic nitrogens is 4. The summed E-state index contributed by atoms with van der Waals surface area (Å²) >= 11 is 0. The number of aromatic carboxylic acids is 1. The summed E-state index contributed by atoms with van der Waals surface area (Å²) in [6.07, 6.45) is 3.20. The number of carboxylic acid groups (broad SMARTS) is 1. The normalized spacial score (nSPS) is 10.7. The van der Waals surface area contributed by atoms with Crippen LogP contribution in [0, 0.1) is 0 Å². The second-order valence-electron chi connectivity index (χ2n) is 3.62. The first-order valence-corrected chi connectivity index (χ1v) is 5.26. The van der Waals surface area contributed by atoms with Crippen LogP contribution in [0.1, 0.15) is 10.5 Å². The molecule has 0 amide bonds. The smallest absolute Gasteiger partial charge is 0.356 e. The van der Waals surface area contributed by atoms with E-state index in [0.717, 1.165) is 0 Å². The minimum absolute atomic E-state index is 0.0243. The Hall–Kier alpha value is -2.76. The van der Waals surface area contributed by atoms with Crippen LogP contribution in [-0.2, 0) is 0 Å². The van der Waals surface area contributed by atoms with E-state index in [-0.39, 0.29) is 5.69 Å². The van der Waals surface area contributed by atoms with Gasteiger partial charge in [0.2, 0.25) is 0 Å². The van der Waals surface area contributed by atoms with Crippen molar-refractivity contribution < 1.29 is 9.90 Å². The van der Waals surface area contributed by atoms with E-state index in [0.29, 0.717) is 17.0 Å². The predicted molar refractivity (Wildman–Crippen MR) is 63.2 cm³/mol. The molecule has 0 aromatic carbocycles. The van der Waals surface area contributed by atoms with Gasteiger partial charge in [0.1, 0.15) is 11.2 Å². The van der Waals surface area contributed by atoms with E-state index in [9.17, 15) is 4.79 Å². The number of imidazole rings is 1. The van der Waals surface area contributed by atoms with Crippen LogP contribution >= 0.6 is 0 Å². The molecule has 0 radical (unpaired) electrons. The molecule has 0 aliphatic rings. The Morgan fingerprint density at radius 1 is 1.17 bits per heavy atom. The molecule has 6 heteroatoms. The van der Waals surface area contributed by atoms with E-state index in [1.807, 2.05) is 6.07 Å². The molecule has 0 unspecified atom stereocenters. The van der Waals surface area contributed by atoms with Crippen molar-refractivity contribution in [2.75, 3.05) is 0 Å². The van der Waals surface area contributed by atoms with E-state index >= 15 is 0 Å². The van der Waals surface area contributed by atoms with Crippen LogP contribution in [0.25, 0.3) is 17.0 Å². The zero-order chi connectivity index (χ0) is 12.5. The van der Waals surface area contributed by atoms with E-state index in [1.165, 1.54) is 4.52 Å². The highest BCUT2D eigenvalue weighted by Crippen LogP contribution is 2.19. The van der Waals surface area contributed by atoms with Crippen LogP contribution < -0.4 is 0 Å². The molecule has 3 heterocycles. The summed E-state index contributed by atoms with van der Waals surface area (Å²) in [6.45, 7) is 0. The van der Waals surface area contributed by atoms with Gasteiger partial charge in [0.15, 0.2) is 11.5 Å². The molecule has 0 atom stereocenters. The van der Waals surface area contributed by atoms with Gasteiger partial charge >= 0.3 is 5.97 Å². The zero-order valence-electron chi connectivity index (χ0n) is 9.19. The summed E-state index contributed by atoms with van der Waals surface area (Å²) in [5, 5.41) is 13.2. The number of hydrogen-bond acceptors (Lipinski definition) is 4. The van der Waals surface area contributed by atoms with Gasteiger partial charge in [0.05, 0.1) is 0 Å². The Morgan fingerprint density at radius 2 is 2.06 bits per heavy atom. The average molecular weight is 240 g/mol. The molecule has 0 aliphatic carbocycles. The quantitative estimate of drug-likeness (QED) is 0.734. The third-order valence-electron chi connectivity index (χ3n) is 2.51. The fourth-order valence-electron chi connectivity index (χ4n) is 1.75. The van der Waals surface area contributed by atoms with Gasteiger partial charge in [-0.3, -0.25) is 4.98 Å². The summed E-state index contributed by atoms with van der Waals surface area (Å²) in [6, 6.07) is 8.69. The maximum atomic E-state index is 11.1. The standard InChI is InChI=1S/C12H8N4O2/c17-12(18)10-9-5-3-7-14-16(9)11(15-10)8-4-1-2-6-13-8/h1-7H,(H,17,18). The predicted octanol–water partition coefficient (Wildman–Crippen LogP) is 1.49. The Kier molecular flexibility index (Phi) is 2.26. The van der Waals surface area contributed by atoms with E-state index in [1.54, 1.807) is 36.7 Å². The second kappa shape index (κ2) is 3.92. The molecule has 88 valence electrons. The summed E-state index contributed by atoms with van der Waals surface area (Å²) < 4.78 is 1.48. The van der Waals surface area contributed by atoms with Gasteiger partial charge in [-0.2, -0.15) is 5.10 Å². The zero-order valence-corrected chi connectivity index (χ0v) is 9.19. The molecule has 0 saturated carbocycles. The Balaban J connectivity index is 2.34. The fraction of sp³-hybridized carbons (Fsp3) is 0. The molecule has 0 bridgehead atoms. The molecule has 0 aliphatic heterocycles. The van der Waals surface area contributed by atoms with Crippen LogP contribution in [0.5, 0.6) is 0 Å². The number of carboxylic acids is 1. The third-order valence-corrected chi connectivity index (χ3v) is 2.51. The van der Waals surface area contributed by atoms with Gasteiger partial charge in [-0.05, 0) is 24.3 Å². The first-order chi connectivity index (χ1) is 8.77. The molecule has 0 fully saturated rings. The number of pyridine rings is 1. The van der Waals surface area contributed by atoms with Gasteiger partial charge in [-0.25, -0.2) is 14.3 Å². The highest BCUT2D eigenvalue weighted by Gasteiger charge is 2.18. The van der Waals surface area contributed by atoms with Crippen molar-refractivity contribution in [2.24, 2.45) is 0 Å². The van der Waals surface area contributed by atoms with Crippen LogP contribution in [0.15, 0.2) is 42.7 Å². The van der Waals surface area contributed by atoms with Gasteiger partial charge in [0, 0.05) is 12.4 Å². The van der Waals surface area contributed by atoms with Crippen LogP contribution in [-0.4, -0.2) is 30.7 Å². The summed E-state index contributed by atoms with van der Waals surface area (Å²) in [4.78, 5) is 19.4. The molecule has 3 aromatic heterocycles. The van der Waals surface area contributed by atoms with Gasteiger partial charge in [-0.1, -0.05) is 6.07 Å². The molecule has 6 nitrogen and oxygen atoms in total. The van der Waals surface area contributed by atoms with Gasteiger partial charge < -0.3 is 5.11 Å². The van der Waals surface area contributed by atoms with E-state index in [4.69, 9.17) is 5.11 Å². The summed E-state index contributed by atoms with van der Waals surface area (Å²) in [5.74, 6) is -0.661. The maximum Gasteiger partial charge on any atom is 0.356 e. The molecule has 0 spiro atoms. The highest BCUT2D eigenvalue weighted by atomic mass is 16.4. The van der Waals surface area contributed by atoms with Crippen LogP contribution in [0.4, 0.5) is 0 Å². The number of fused-ring (bicyclic) bond motifs is 1. The van der Waals surface area contributed by atoms with Crippen LogP contribution in [0.2, 0.25) is 0 Å². The summed E-state index contributed by atoms with van der Waals surface area (Å²) in [7, 11) is 0. The van der Waals surface area contributed by atoms with Crippen molar-refractivity contribution >= 4 is 11.5 Å².